The Bertz CT molecular complexity index is 908. The van der Waals surface area contributed by atoms with Gasteiger partial charge in [0.25, 0.3) is 0 Å². The number of aliphatic hydroxyl groups excluding tert-OH is 1. The second kappa shape index (κ2) is 7.65. The molecule has 0 radical (unpaired) electrons. The normalized spacial score (nSPS) is 40.2. The van der Waals surface area contributed by atoms with Crippen molar-refractivity contribution in [2.75, 3.05) is 20.3 Å². The molecule has 10 nitrogen and oxygen atoms in total. The zero-order valence-corrected chi connectivity index (χ0v) is 18.6. The lowest BCUT2D eigenvalue weighted by Crippen LogP contribution is -2.63. The van der Waals surface area contributed by atoms with Crippen molar-refractivity contribution in [3.05, 3.63) is 23.3 Å². The van der Waals surface area contributed by atoms with Crippen LogP contribution in [0.25, 0.3) is 0 Å². The molecule has 176 valence electrons. The summed E-state index contributed by atoms with van der Waals surface area (Å²) in [5.41, 5.74) is -1.61. The van der Waals surface area contributed by atoms with E-state index in [9.17, 15) is 19.5 Å². The van der Waals surface area contributed by atoms with Crippen molar-refractivity contribution >= 4 is 17.9 Å². The minimum absolute atomic E-state index is 0.0140. The van der Waals surface area contributed by atoms with Crippen molar-refractivity contribution < 1.29 is 47.9 Å². The first kappa shape index (κ1) is 22.9. The lowest BCUT2D eigenvalue weighted by Gasteiger charge is -2.52. The summed E-state index contributed by atoms with van der Waals surface area (Å²) in [6, 6.07) is 0. The van der Waals surface area contributed by atoms with Gasteiger partial charge in [0.05, 0.1) is 29.5 Å². The molecule has 3 fully saturated rings. The molecule has 4 aliphatic rings. The van der Waals surface area contributed by atoms with Gasteiger partial charge in [0.2, 0.25) is 5.79 Å². The van der Waals surface area contributed by atoms with Crippen molar-refractivity contribution in [1.82, 2.24) is 0 Å². The third-order valence-corrected chi connectivity index (χ3v) is 6.56. The largest absolute Gasteiger partial charge is 0.461 e. The lowest BCUT2D eigenvalue weighted by atomic mass is 9.73. The maximum Gasteiger partial charge on any atom is 0.340 e. The monoisotopic (exact) mass is 452 g/mol. The number of carbonyl (C=O) groups excluding carboxylic acids is 3. The minimum atomic E-state index is -1.61. The Hall–Kier alpha value is -2.27. The summed E-state index contributed by atoms with van der Waals surface area (Å²) in [7, 11) is 1.38. The number of methoxy groups -OCH3 is 1. The Morgan fingerprint density at radius 3 is 2.62 bits per heavy atom. The van der Waals surface area contributed by atoms with E-state index < -0.39 is 53.2 Å². The SMILES string of the molecule is C=C(C)C(=O)O[C@H]1C[C@@]23CO[C@@H](C[C@](C)(C[C@@]4(OC)OC(=O)C(COC(C)=O)=C14)O2)[C@@H]3O. The van der Waals surface area contributed by atoms with Crippen molar-refractivity contribution in [3.63, 3.8) is 0 Å². The molecule has 10 heteroatoms. The second-order valence-electron chi connectivity index (χ2n) is 9.19. The highest BCUT2D eigenvalue weighted by atomic mass is 16.7. The van der Waals surface area contributed by atoms with Gasteiger partial charge < -0.3 is 33.5 Å². The molecular weight excluding hydrogens is 424 g/mol. The molecule has 4 aliphatic heterocycles. The molecule has 0 aromatic heterocycles. The van der Waals surface area contributed by atoms with Crippen LogP contribution in [0.4, 0.5) is 0 Å². The van der Waals surface area contributed by atoms with Crippen LogP contribution in [0.15, 0.2) is 23.3 Å². The molecule has 32 heavy (non-hydrogen) atoms. The smallest absolute Gasteiger partial charge is 0.340 e. The molecule has 0 unspecified atom stereocenters. The highest BCUT2D eigenvalue weighted by molar-refractivity contribution is 5.94. The van der Waals surface area contributed by atoms with Crippen molar-refractivity contribution in [2.45, 2.75) is 75.3 Å². The Morgan fingerprint density at radius 2 is 2.00 bits per heavy atom. The highest BCUT2D eigenvalue weighted by Crippen LogP contribution is 2.54. The number of hydrogen-bond donors (Lipinski definition) is 1. The van der Waals surface area contributed by atoms with Crippen molar-refractivity contribution in [1.29, 1.82) is 0 Å². The maximum absolute atomic E-state index is 12.9. The van der Waals surface area contributed by atoms with Crippen LogP contribution >= 0.6 is 0 Å². The summed E-state index contributed by atoms with van der Waals surface area (Å²) in [5, 5.41) is 10.9. The van der Waals surface area contributed by atoms with E-state index in [1.54, 1.807) is 0 Å². The molecule has 4 rings (SSSR count). The van der Waals surface area contributed by atoms with Gasteiger partial charge in [-0.1, -0.05) is 6.58 Å². The van der Waals surface area contributed by atoms with E-state index in [4.69, 9.17) is 28.4 Å². The van der Waals surface area contributed by atoms with Gasteiger partial charge in [0, 0.05) is 38.9 Å². The van der Waals surface area contributed by atoms with Gasteiger partial charge in [-0.05, 0) is 13.8 Å². The van der Waals surface area contributed by atoms with Crippen LogP contribution in [-0.2, 0) is 42.8 Å². The molecule has 0 aliphatic carbocycles. The average Bonchev–Trinajstić information content (AvgIpc) is 3.05. The summed E-state index contributed by atoms with van der Waals surface area (Å²) < 4.78 is 34.5. The molecule has 1 N–H and O–H groups in total. The minimum Gasteiger partial charge on any atom is -0.461 e. The topological polar surface area (TPSA) is 127 Å². The quantitative estimate of drug-likeness (QED) is 0.362. The third-order valence-electron chi connectivity index (χ3n) is 6.56. The highest BCUT2D eigenvalue weighted by Gasteiger charge is 2.67. The molecule has 6 atom stereocenters. The predicted molar refractivity (Wildman–Crippen MR) is 106 cm³/mol. The maximum atomic E-state index is 12.9. The molecule has 0 amide bonds. The average molecular weight is 452 g/mol. The van der Waals surface area contributed by atoms with Gasteiger partial charge in [-0.15, -0.1) is 0 Å². The predicted octanol–water partition coefficient (Wildman–Crippen LogP) is 0.705. The van der Waals surface area contributed by atoms with Crippen LogP contribution in [0, 0.1) is 0 Å². The zero-order chi connectivity index (χ0) is 23.5. The van der Waals surface area contributed by atoms with Crippen LogP contribution in [0.5, 0.6) is 0 Å². The van der Waals surface area contributed by atoms with E-state index in [1.165, 1.54) is 21.0 Å². The van der Waals surface area contributed by atoms with Crippen LogP contribution in [0.3, 0.4) is 0 Å². The van der Waals surface area contributed by atoms with Crippen LogP contribution in [0.2, 0.25) is 0 Å². The van der Waals surface area contributed by atoms with E-state index in [1.807, 2.05) is 6.92 Å². The fraction of sp³-hybridized carbons (Fsp3) is 0.682. The van der Waals surface area contributed by atoms with Crippen molar-refractivity contribution in [3.8, 4) is 0 Å². The summed E-state index contributed by atoms with van der Waals surface area (Å²) >= 11 is 0. The Kier molecular flexibility index (Phi) is 5.48. The molecule has 3 saturated heterocycles. The third kappa shape index (κ3) is 3.55. The number of aliphatic hydroxyl groups is 1. The summed E-state index contributed by atoms with van der Waals surface area (Å²) in [6.07, 6.45) is -2.12. The zero-order valence-electron chi connectivity index (χ0n) is 18.6. The van der Waals surface area contributed by atoms with E-state index in [2.05, 4.69) is 6.58 Å². The molecular formula is C22H28O10. The van der Waals surface area contributed by atoms with Gasteiger partial charge >= 0.3 is 17.9 Å². The number of hydrogen-bond acceptors (Lipinski definition) is 10. The number of ether oxygens (including phenoxy) is 6. The van der Waals surface area contributed by atoms with Crippen LogP contribution < -0.4 is 0 Å². The fourth-order valence-corrected chi connectivity index (χ4v) is 5.26. The van der Waals surface area contributed by atoms with E-state index in [0.717, 1.165) is 0 Å². The Morgan fingerprint density at radius 1 is 1.28 bits per heavy atom. The van der Waals surface area contributed by atoms with Crippen molar-refractivity contribution in [2.24, 2.45) is 0 Å². The van der Waals surface area contributed by atoms with E-state index >= 15 is 0 Å². The summed E-state index contributed by atoms with van der Waals surface area (Å²) in [6.45, 7) is 7.89. The number of carbonyl (C=O) groups is 3. The van der Waals surface area contributed by atoms with Gasteiger partial charge in [0.1, 0.15) is 24.4 Å². The molecule has 0 aromatic carbocycles. The van der Waals surface area contributed by atoms with Gasteiger partial charge in [-0.2, -0.15) is 0 Å². The van der Waals surface area contributed by atoms with Gasteiger partial charge in [-0.3, -0.25) is 4.79 Å². The standard InChI is InChI=1S/C22H28O10/c1-11(2)18(25)30-14-7-21-10-29-15(17(21)24)6-20(4,32-21)9-22(27-5)16(14)13(19(26)31-22)8-28-12(3)23/h14-15,17,24H,1,6-10H2,2-5H3/t14-,15-,17-,20+,21-,22+/m0/s1. The Balaban J connectivity index is 1.87. The van der Waals surface area contributed by atoms with Gasteiger partial charge in [0.15, 0.2) is 0 Å². The number of esters is 3. The van der Waals surface area contributed by atoms with Crippen LogP contribution in [-0.4, -0.2) is 78.6 Å². The molecule has 0 aromatic rings. The number of rotatable bonds is 5. The van der Waals surface area contributed by atoms with Gasteiger partial charge in [-0.25, -0.2) is 9.59 Å². The van der Waals surface area contributed by atoms with E-state index in [0.29, 0.717) is 6.42 Å². The van der Waals surface area contributed by atoms with Crippen LogP contribution in [0.1, 0.15) is 40.0 Å². The molecule has 1 spiro atoms. The van der Waals surface area contributed by atoms with E-state index in [-0.39, 0.29) is 42.8 Å². The first-order valence-electron chi connectivity index (χ1n) is 10.5. The number of fused-ring (bicyclic) bond motifs is 3. The molecule has 3 bridgehead atoms. The second-order valence-corrected chi connectivity index (χ2v) is 9.19. The summed E-state index contributed by atoms with van der Waals surface area (Å²) in [4.78, 5) is 36.9. The lowest BCUT2D eigenvalue weighted by molar-refractivity contribution is -0.275. The first-order valence-corrected chi connectivity index (χ1v) is 10.5. The first-order chi connectivity index (χ1) is 14.9. The fourth-order valence-electron chi connectivity index (χ4n) is 5.26. The molecule has 0 saturated carbocycles. The molecule has 4 heterocycles. The Labute approximate surface area is 185 Å². The summed E-state index contributed by atoms with van der Waals surface area (Å²) in [5.74, 6) is -3.63.